The van der Waals surface area contributed by atoms with Gasteiger partial charge in [0.1, 0.15) is 30.0 Å². The maximum Gasteiger partial charge on any atom is 0.329 e. The number of hydrogen-bond acceptors (Lipinski definition) is 7. The third kappa shape index (κ3) is 6.42. The van der Waals surface area contributed by atoms with E-state index >= 15 is 0 Å². The normalized spacial score (nSPS) is 17.7. The van der Waals surface area contributed by atoms with E-state index in [0.717, 1.165) is 5.56 Å². The lowest BCUT2D eigenvalue weighted by molar-refractivity contribution is -0.155. The monoisotopic (exact) mass is 534 g/mol. The van der Waals surface area contributed by atoms with Gasteiger partial charge in [-0.3, -0.25) is 9.59 Å². The minimum Gasteiger partial charge on any atom is -0.459 e. The van der Waals surface area contributed by atoms with Gasteiger partial charge in [0.25, 0.3) is 5.91 Å². The highest BCUT2D eigenvalue weighted by Crippen LogP contribution is 2.35. The summed E-state index contributed by atoms with van der Waals surface area (Å²) in [6.07, 6.45) is 0.149. The van der Waals surface area contributed by atoms with Crippen LogP contribution in [0.2, 0.25) is 0 Å². The van der Waals surface area contributed by atoms with Crippen LogP contribution in [0.15, 0.2) is 78.9 Å². The summed E-state index contributed by atoms with van der Waals surface area (Å²) in [5.41, 5.74) is 1.14. The first-order valence-corrected chi connectivity index (χ1v) is 12.5. The van der Waals surface area contributed by atoms with Crippen LogP contribution < -0.4 is 10.1 Å². The van der Waals surface area contributed by atoms with Gasteiger partial charge < -0.3 is 29.2 Å². The largest absolute Gasteiger partial charge is 0.459 e. The highest BCUT2D eigenvalue weighted by atomic mass is 19.1. The molecule has 0 aromatic heterocycles. The minimum absolute atomic E-state index is 0.0578. The molecule has 3 aromatic carbocycles. The van der Waals surface area contributed by atoms with Crippen LogP contribution in [0.3, 0.4) is 0 Å². The Balaban J connectivity index is 1.18. The lowest BCUT2D eigenvalue weighted by atomic mass is 10.1. The molecule has 1 spiro atoms. The highest BCUT2D eigenvalue weighted by molar-refractivity contribution is 5.97. The molecule has 2 aliphatic rings. The molecule has 0 bridgehead atoms. The van der Waals surface area contributed by atoms with E-state index in [1.54, 1.807) is 24.3 Å². The van der Waals surface area contributed by atoms with Crippen LogP contribution in [0, 0.1) is 5.82 Å². The SMILES string of the molecule is O=C(NCC(=O)N1CC2(CC1C(=O)OCc1ccccc1)OCCO2)c1ccc(Oc2ccc(F)cc2)cc1. The molecule has 5 rings (SSSR count). The maximum atomic E-state index is 13.1. The number of esters is 1. The number of halogens is 1. The molecule has 0 aliphatic carbocycles. The average molecular weight is 535 g/mol. The molecule has 3 aromatic rings. The van der Waals surface area contributed by atoms with Gasteiger partial charge in [-0.1, -0.05) is 30.3 Å². The zero-order valence-corrected chi connectivity index (χ0v) is 21.0. The molecule has 0 saturated carbocycles. The molecule has 0 radical (unpaired) electrons. The Hall–Kier alpha value is -4.28. The van der Waals surface area contributed by atoms with Gasteiger partial charge in [0, 0.05) is 12.0 Å². The van der Waals surface area contributed by atoms with Crippen molar-refractivity contribution < 1.29 is 37.7 Å². The van der Waals surface area contributed by atoms with E-state index in [-0.39, 0.29) is 31.9 Å². The number of ether oxygens (including phenoxy) is 4. The summed E-state index contributed by atoms with van der Waals surface area (Å²) in [6, 6.07) is 20.2. The van der Waals surface area contributed by atoms with Crippen molar-refractivity contribution in [1.29, 1.82) is 0 Å². The van der Waals surface area contributed by atoms with E-state index in [1.165, 1.54) is 29.2 Å². The van der Waals surface area contributed by atoms with Crippen molar-refractivity contribution in [3.05, 3.63) is 95.8 Å². The summed E-state index contributed by atoms with van der Waals surface area (Å²) < 4.78 is 35.7. The van der Waals surface area contributed by atoms with E-state index in [4.69, 9.17) is 18.9 Å². The Kier molecular flexibility index (Phi) is 7.85. The summed E-state index contributed by atoms with van der Waals surface area (Å²) in [6.45, 7) is 0.537. The summed E-state index contributed by atoms with van der Waals surface area (Å²) in [4.78, 5) is 40.1. The molecular formula is C29H27FN2O7. The van der Waals surface area contributed by atoms with Crippen LogP contribution in [-0.4, -0.2) is 60.8 Å². The smallest absolute Gasteiger partial charge is 0.329 e. The van der Waals surface area contributed by atoms with Gasteiger partial charge in [-0.25, -0.2) is 9.18 Å². The number of nitrogens with one attached hydrogen (secondary N) is 1. The van der Waals surface area contributed by atoms with E-state index in [0.29, 0.717) is 30.3 Å². The van der Waals surface area contributed by atoms with Crippen LogP contribution in [0.5, 0.6) is 11.5 Å². The van der Waals surface area contributed by atoms with E-state index < -0.39 is 29.6 Å². The predicted octanol–water partition coefficient (Wildman–Crippen LogP) is 3.44. The fraction of sp³-hybridized carbons (Fsp3) is 0.276. The van der Waals surface area contributed by atoms with Gasteiger partial charge in [0.2, 0.25) is 5.91 Å². The first kappa shape index (κ1) is 26.3. The quantitative estimate of drug-likeness (QED) is 0.442. The molecule has 2 saturated heterocycles. The van der Waals surface area contributed by atoms with Crippen molar-refractivity contribution in [2.24, 2.45) is 0 Å². The van der Waals surface area contributed by atoms with Gasteiger partial charge in [-0.2, -0.15) is 0 Å². The Morgan fingerprint density at radius 3 is 2.23 bits per heavy atom. The van der Waals surface area contributed by atoms with Gasteiger partial charge in [-0.05, 0) is 54.1 Å². The lowest BCUT2D eigenvalue weighted by Crippen LogP contribution is -2.46. The van der Waals surface area contributed by atoms with Crippen molar-refractivity contribution in [3.8, 4) is 11.5 Å². The van der Waals surface area contributed by atoms with Gasteiger partial charge in [0.15, 0.2) is 5.79 Å². The first-order valence-electron chi connectivity index (χ1n) is 12.5. The summed E-state index contributed by atoms with van der Waals surface area (Å²) in [5, 5.41) is 2.60. The molecule has 1 unspecified atom stereocenters. The highest BCUT2D eigenvalue weighted by Gasteiger charge is 2.53. The van der Waals surface area contributed by atoms with Crippen molar-refractivity contribution >= 4 is 17.8 Å². The number of amides is 2. The summed E-state index contributed by atoms with van der Waals surface area (Å²) in [5.74, 6) is -2.01. The molecular weight excluding hydrogens is 507 g/mol. The number of carbonyl (C=O) groups is 3. The Labute approximate surface area is 224 Å². The van der Waals surface area contributed by atoms with Crippen LogP contribution in [-0.2, 0) is 30.4 Å². The minimum atomic E-state index is -1.06. The van der Waals surface area contributed by atoms with Crippen molar-refractivity contribution in [3.63, 3.8) is 0 Å². The maximum absolute atomic E-state index is 13.1. The molecule has 9 nitrogen and oxygen atoms in total. The molecule has 1 atom stereocenters. The molecule has 2 aliphatic heterocycles. The second-order valence-corrected chi connectivity index (χ2v) is 9.21. The van der Waals surface area contributed by atoms with Crippen molar-refractivity contribution in [2.75, 3.05) is 26.3 Å². The predicted molar refractivity (Wildman–Crippen MR) is 136 cm³/mol. The Bertz CT molecular complexity index is 1310. The molecule has 10 heteroatoms. The topological polar surface area (TPSA) is 103 Å². The molecule has 39 heavy (non-hydrogen) atoms. The number of hydrogen-bond donors (Lipinski definition) is 1. The Morgan fingerprint density at radius 2 is 1.56 bits per heavy atom. The van der Waals surface area contributed by atoms with Crippen molar-refractivity contribution in [1.82, 2.24) is 10.2 Å². The zero-order valence-electron chi connectivity index (χ0n) is 21.0. The van der Waals surface area contributed by atoms with Crippen molar-refractivity contribution in [2.45, 2.75) is 24.9 Å². The summed E-state index contributed by atoms with van der Waals surface area (Å²) >= 11 is 0. The van der Waals surface area contributed by atoms with Gasteiger partial charge in [-0.15, -0.1) is 0 Å². The third-order valence-corrected chi connectivity index (χ3v) is 6.49. The van der Waals surface area contributed by atoms with Crippen LogP contribution in [0.25, 0.3) is 0 Å². The molecule has 202 valence electrons. The first-order chi connectivity index (χ1) is 18.9. The molecule has 2 heterocycles. The lowest BCUT2D eigenvalue weighted by Gasteiger charge is -2.24. The number of rotatable bonds is 8. The summed E-state index contributed by atoms with van der Waals surface area (Å²) in [7, 11) is 0. The third-order valence-electron chi connectivity index (χ3n) is 6.49. The number of nitrogens with zero attached hydrogens (tertiary/aromatic N) is 1. The van der Waals surface area contributed by atoms with Gasteiger partial charge >= 0.3 is 5.97 Å². The average Bonchev–Trinajstić information content (AvgIpc) is 3.59. The molecule has 2 amide bonds. The fourth-order valence-electron chi connectivity index (χ4n) is 4.52. The van der Waals surface area contributed by atoms with E-state index in [9.17, 15) is 18.8 Å². The number of carbonyl (C=O) groups excluding carboxylic acids is 3. The van der Waals surface area contributed by atoms with Crippen LogP contribution in [0.4, 0.5) is 4.39 Å². The number of likely N-dealkylation sites (tertiary alicyclic amines) is 1. The zero-order chi connectivity index (χ0) is 27.2. The standard InChI is InChI=1S/C29H27FN2O7/c30-22-8-12-24(13-9-22)39-23-10-6-21(7-11-23)27(34)31-17-26(33)32-19-29(37-14-15-38-29)16-25(32)28(35)36-18-20-4-2-1-3-5-20/h1-13,25H,14-19H2,(H,31,34). The van der Waals surface area contributed by atoms with Crippen LogP contribution >= 0.6 is 0 Å². The molecule has 2 fully saturated rings. The Morgan fingerprint density at radius 1 is 0.923 bits per heavy atom. The second-order valence-electron chi connectivity index (χ2n) is 9.21. The van der Waals surface area contributed by atoms with E-state index in [2.05, 4.69) is 5.32 Å². The fourth-order valence-corrected chi connectivity index (χ4v) is 4.52. The second kappa shape index (κ2) is 11.6. The molecule has 1 N–H and O–H groups in total. The van der Waals surface area contributed by atoms with Gasteiger partial charge in [0.05, 0.1) is 26.3 Å². The van der Waals surface area contributed by atoms with E-state index in [1.807, 2.05) is 30.3 Å². The van der Waals surface area contributed by atoms with Crippen LogP contribution in [0.1, 0.15) is 22.3 Å². The number of benzene rings is 3.